The zero-order valence-electron chi connectivity index (χ0n) is 13.9. The Bertz CT molecular complexity index is 765. The lowest BCUT2D eigenvalue weighted by atomic mass is 10.1. The predicted octanol–water partition coefficient (Wildman–Crippen LogP) is 2.67. The van der Waals surface area contributed by atoms with E-state index in [1.54, 1.807) is 19.2 Å². The first-order valence-corrected chi connectivity index (χ1v) is 8.01. The Labute approximate surface area is 145 Å². The van der Waals surface area contributed by atoms with Crippen molar-refractivity contribution in [2.45, 2.75) is 12.7 Å². The van der Waals surface area contributed by atoms with E-state index in [1.165, 1.54) is 6.07 Å². The molecule has 2 aromatic carbocycles. The van der Waals surface area contributed by atoms with E-state index in [-0.39, 0.29) is 18.4 Å². The standard InChI is InChI=1S/C18H20N2O5/c1-24-15-4-2-3-14(10-15)18-11-19(7-8-25-18)17-9-13(12-21)5-6-16(17)20(22)23/h2-6,9-10,18,21H,7-8,11-12H2,1H3. The number of nitro benzene ring substituents is 1. The van der Waals surface area contributed by atoms with Crippen LogP contribution in [0.3, 0.4) is 0 Å². The van der Waals surface area contributed by atoms with Gasteiger partial charge in [-0.2, -0.15) is 0 Å². The van der Waals surface area contributed by atoms with Gasteiger partial charge in [-0.25, -0.2) is 0 Å². The summed E-state index contributed by atoms with van der Waals surface area (Å²) in [4.78, 5) is 12.9. The molecule has 1 N–H and O–H groups in total. The summed E-state index contributed by atoms with van der Waals surface area (Å²) in [6, 6.07) is 12.3. The molecule has 0 saturated carbocycles. The molecule has 1 aliphatic heterocycles. The molecule has 2 aromatic rings. The minimum atomic E-state index is -0.396. The number of ether oxygens (including phenoxy) is 2. The lowest BCUT2D eigenvalue weighted by Crippen LogP contribution is -2.38. The number of rotatable bonds is 5. The van der Waals surface area contributed by atoms with Crippen LogP contribution >= 0.6 is 0 Å². The van der Waals surface area contributed by atoms with E-state index >= 15 is 0 Å². The van der Waals surface area contributed by atoms with Crippen molar-refractivity contribution in [2.75, 3.05) is 31.7 Å². The van der Waals surface area contributed by atoms with E-state index in [0.29, 0.717) is 30.9 Å². The van der Waals surface area contributed by atoms with Crippen molar-refractivity contribution in [3.8, 4) is 5.75 Å². The molecule has 0 spiro atoms. The summed E-state index contributed by atoms with van der Waals surface area (Å²) in [7, 11) is 1.61. The summed E-state index contributed by atoms with van der Waals surface area (Å²) in [5, 5.41) is 20.7. The number of methoxy groups -OCH3 is 1. The Hall–Kier alpha value is -2.64. The van der Waals surface area contributed by atoms with Gasteiger partial charge in [-0.3, -0.25) is 10.1 Å². The first kappa shape index (κ1) is 17.2. The third kappa shape index (κ3) is 3.72. The number of nitrogens with zero attached hydrogens (tertiary/aromatic N) is 2. The van der Waals surface area contributed by atoms with Crippen LogP contribution in [0.4, 0.5) is 11.4 Å². The van der Waals surface area contributed by atoms with Gasteiger partial charge in [-0.15, -0.1) is 0 Å². The van der Waals surface area contributed by atoms with Gasteiger partial charge in [-0.1, -0.05) is 12.1 Å². The Balaban J connectivity index is 1.89. The molecular formula is C18H20N2O5. The zero-order valence-corrected chi connectivity index (χ0v) is 13.9. The molecule has 0 radical (unpaired) electrons. The Morgan fingerprint density at radius 3 is 2.92 bits per heavy atom. The van der Waals surface area contributed by atoms with Crippen molar-refractivity contribution in [2.24, 2.45) is 0 Å². The average molecular weight is 344 g/mol. The first-order chi connectivity index (χ1) is 12.1. The van der Waals surface area contributed by atoms with Gasteiger partial charge in [-0.05, 0) is 35.4 Å². The highest BCUT2D eigenvalue weighted by Crippen LogP contribution is 2.34. The fourth-order valence-corrected chi connectivity index (χ4v) is 2.99. The van der Waals surface area contributed by atoms with Crippen LogP contribution in [-0.2, 0) is 11.3 Å². The molecule has 0 amide bonds. The normalized spacial score (nSPS) is 17.4. The quantitative estimate of drug-likeness (QED) is 0.663. The summed E-state index contributed by atoms with van der Waals surface area (Å²) in [5.74, 6) is 0.742. The van der Waals surface area contributed by atoms with Crippen LogP contribution in [-0.4, -0.2) is 36.8 Å². The second-order valence-corrected chi connectivity index (χ2v) is 5.82. The van der Waals surface area contributed by atoms with E-state index in [1.807, 2.05) is 29.2 Å². The lowest BCUT2D eigenvalue weighted by Gasteiger charge is -2.34. The van der Waals surface area contributed by atoms with E-state index in [4.69, 9.17) is 9.47 Å². The number of anilines is 1. The summed E-state index contributed by atoms with van der Waals surface area (Å²) in [6.07, 6.45) is -0.207. The second-order valence-electron chi connectivity index (χ2n) is 5.82. The summed E-state index contributed by atoms with van der Waals surface area (Å²) in [5.41, 5.74) is 2.14. The number of aliphatic hydroxyl groups excluding tert-OH is 1. The van der Waals surface area contributed by atoms with Gasteiger partial charge in [0, 0.05) is 19.2 Å². The summed E-state index contributed by atoms with van der Waals surface area (Å²) in [6.45, 7) is 1.34. The monoisotopic (exact) mass is 344 g/mol. The molecule has 3 rings (SSSR count). The molecule has 7 heteroatoms. The molecule has 0 aliphatic carbocycles. The van der Waals surface area contributed by atoms with Crippen molar-refractivity contribution < 1.29 is 19.5 Å². The van der Waals surface area contributed by atoms with E-state index < -0.39 is 4.92 Å². The SMILES string of the molecule is COc1cccc(C2CN(c3cc(CO)ccc3[N+](=O)[O-])CCO2)c1. The maximum Gasteiger partial charge on any atom is 0.292 e. The molecule has 25 heavy (non-hydrogen) atoms. The number of hydrogen-bond donors (Lipinski definition) is 1. The topological polar surface area (TPSA) is 85.1 Å². The highest BCUT2D eigenvalue weighted by molar-refractivity contribution is 5.65. The molecule has 1 aliphatic rings. The smallest absolute Gasteiger partial charge is 0.292 e. The number of nitro groups is 1. The van der Waals surface area contributed by atoms with Crippen LogP contribution in [0.1, 0.15) is 17.2 Å². The Morgan fingerprint density at radius 1 is 1.36 bits per heavy atom. The van der Waals surface area contributed by atoms with Crippen LogP contribution < -0.4 is 9.64 Å². The molecule has 132 valence electrons. The van der Waals surface area contributed by atoms with Crippen molar-refractivity contribution in [3.63, 3.8) is 0 Å². The molecular weight excluding hydrogens is 324 g/mol. The highest BCUT2D eigenvalue weighted by Gasteiger charge is 2.27. The highest BCUT2D eigenvalue weighted by atomic mass is 16.6. The maximum absolute atomic E-state index is 11.4. The van der Waals surface area contributed by atoms with E-state index in [2.05, 4.69) is 0 Å². The van der Waals surface area contributed by atoms with Crippen LogP contribution in [0.15, 0.2) is 42.5 Å². The number of hydrogen-bond acceptors (Lipinski definition) is 6. The Morgan fingerprint density at radius 2 is 2.20 bits per heavy atom. The van der Waals surface area contributed by atoms with E-state index in [0.717, 1.165) is 11.3 Å². The fraction of sp³-hybridized carbons (Fsp3) is 0.333. The minimum absolute atomic E-state index is 0.0310. The molecule has 0 aromatic heterocycles. The first-order valence-electron chi connectivity index (χ1n) is 8.01. The van der Waals surface area contributed by atoms with Gasteiger partial charge in [0.15, 0.2) is 0 Å². The van der Waals surface area contributed by atoms with Gasteiger partial charge < -0.3 is 19.5 Å². The lowest BCUT2D eigenvalue weighted by molar-refractivity contribution is -0.384. The van der Waals surface area contributed by atoms with Gasteiger partial charge in [0.1, 0.15) is 17.5 Å². The van der Waals surface area contributed by atoms with Crippen molar-refractivity contribution >= 4 is 11.4 Å². The molecule has 1 unspecified atom stereocenters. The maximum atomic E-state index is 11.4. The van der Waals surface area contributed by atoms with Gasteiger partial charge in [0.25, 0.3) is 5.69 Å². The number of benzene rings is 2. The van der Waals surface area contributed by atoms with Gasteiger partial charge in [0.2, 0.25) is 0 Å². The van der Waals surface area contributed by atoms with Crippen LogP contribution in [0.25, 0.3) is 0 Å². The third-order valence-corrected chi connectivity index (χ3v) is 4.29. The van der Waals surface area contributed by atoms with Gasteiger partial charge >= 0.3 is 0 Å². The summed E-state index contributed by atoms with van der Waals surface area (Å²) >= 11 is 0. The van der Waals surface area contributed by atoms with Crippen LogP contribution in [0.5, 0.6) is 5.75 Å². The predicted molar refractivity (Wildman–Crippen MR) is 92.9 cm³/mol. The minimum Gasteiger partial charge on any atom is -0.497 e. The number of morpholine rings is 1. The fourth-order valence-electron chi connectivity index (χ4n) is 2.99. The van der Waals surface area contributed by atoms with Crippen LogP contribution in [0.2, 0.25) is 0 Å². The molecule has 7 nitrogen and oxygen atoms in total. The largest absolute Gasteiger partial charge is 0.497 e. The number of aliphatic hydroxyl groups is 1. The van der Waals surface area contributed by atoms with Crippen LogP contribution in [0, 0.1) is 10.1 Å². The Kier molecular flexibility index (Phi) is 5.16. The molecule has 1 fully saturated rings. The average Bonchev–Trinajstić information content (AvgIpc) is 2.67. The van der Waals surface area contributed by atoms with Gasteiger partial charge in [0.05, 0.1) is 25.2 Å². The second kappa shape index (κ2) is 7.50. The van der Waals surface area contributed by atoms with Crippen molar-refractivity contribution in [3.05, 3.63) is 63.7 Å². The molecule has 1 heterocycles. The van der Waals surface area contributed by atoms with Crippen molar-refractivity contribution in [1.29, 1.82) is 0 Å². The van der Waals surface area contributed by atoms with Crippen molar-refractivity contribution in [1.82, 2.24) is 0 Å². The summed E-state index contributed by atoms with van der Waals surface area (Å²) < 4.78 is 11.1. The van der Waals surface area contributed by atoms with E-state index in [9.17, 15) is 15.2 Å². The molecule has 1 saturated heterocycles. The zero-order chi connectivity index (χ0) is 17.8. The third-order valence-electron chi connectivity index (χ3n) is 4.29. The molecule has 0 bridgehead atoms. The molecule has 1 atom stereocenters.